The van der Waals surface area contributed by atoms with Gasteiger partial charge in [0.1, 0.15) is 5.75 Å². The van der Waals surface area contributed by atoms with E-state index in [1.807, 2.05) is 25.1 Å². The first-order chi connectivity index (χ1) is 9.22. The highest BCUT2D eigenvalue weighted by Crippen LogP contribution is 2.30. The lowest BCUT2D eigenvalue weighted by Crippen LogP contribution is -2.28. The predicted octanol–water partition coefficient (Wildman–Crippen LogP) is 1.84. The summed E-state index contributed by atoms with van der Waals surface area (Å²) in [7, 11) is 0. The molecule has 5 heteroatoms. The summed E-state index contributed by atoms with van der Waals surface area (Å²) in [5.74, 6) is -0.162. The Kier molecular flexibility index (Phi) is 2.91. The first kappa shape index (κ1) is 12.0. The number of hydrogen-bond acceptors (Lipinski definition) is 3. The first-order valence-corrected chi connectivity index (χ1v) is 6.44. The van der Waals surface area contributed by atoms with Crippen molar-refractivity contribution < 1.29 is 14.6 Å². The number of benzene rings is 1. The standard InChI is InChI=1S/C14H16N2O3/c1-2-19-9-3-4-11-10(7-9)13(14(17)18)12-8-15-5-6-16(11)12/h3-4,7,15H,2,5-6,8H2,1H3,(H,17,18). The number of nitrogens with zero attached hydrogens (tertiary/aromatic N) is 1. The Balaban J connectivity index is 2.27. The number of rotatable bonds is 3. The van der Waals surface area contributed by atoms with E-state index >= 15 is 0 Å². The molecule has 19 heavy (non-hydrogen) atoms. The van der Waals surface area contributed by atoms with Gasteiger partial charge in [-0.1, -0.05) is 0 Å². The van der Waals surface area contributed by atoms with E-state index in [0.717, 1.165) is 29.7 Å². The minimum atomic E-state index is -0.879. The fraction of sp³-hybridized carbons (Fsp3) is 0.357. The van der Waals surface area contributed by atoms with Crippen molar-refractivity contribution in [3.63, 3.8) is 0 Å². The first-order valence-electron chi connectivity index (χ1n) is 6.44. The van der Waals surface area contributed by atoms with E-state index < -0.39 is 5.97 Å². The van der Waals surface area contributed by atoms with Crippen LogP contribution in [0.4, 0.5) is 0 Å². The third-order valence-corrected chi connectivity index (χ3v) is 3.47. The van der Waals surface area contributed by atoms with E-state index in [-0.39, 0.29) is 0 Å². The fourth-order valence-electron chi connectivity index (χ4n) is 2.72. The van der Waals surface area contributed by atoms with Gasteiger partial charge in [-0.15, -0.1) is 0 Å². The molecule has 0 spiro atoms. The van der Waals surface area contributed by atoms with Gasteiger partial charge in [-0.2, -0.15) is 0 Å². The Morgan fingerprint density at radius 2 is 2.37 bits per heavy atom. The summed E-state index contributed by atoms with van der Waals surface area (Å²) in [6, 6.07) is 5.67. The van der Waals surface area contributed by atoms with Gasteiger partial charge in [0.25, 0.3) is 0 Å². The highest BCUT2D eigenvalue weighted by Gasteiger charge is 2.24. The lowest BCUT2D eigenvalue weighted by molar-refractivity contribution is 0.0697. The molecule has 0 fully saturated rings. The van der Waals surface area contributed by atoms with Crippen molar-refractivity contribution in [1.29, 1.82) is 0 Å². The maximum Gasteiger partial charge on any atom is 0.338 e. The number of ether oxygens (including phenoxy) is 1. The molecular weight excluding hydrogens is 244 g/mol. The van der Waals surface area contributed by atoms with Crippen LogP contribution < -0.4 is 10.1 Å². The van der Waals surface area contributed by atoms with E-state index in [2.05, 4.69) is 9.88 Å². The second-order valence-corrected chi connectivity index (χ2v) is 4.57. The predicted molar refractivity (Wildman–Crippen MR) is 71.8 cm³/mol. The van der Waals surface area contributed by atoms with Crippen molar-refractivity contribution in [1.82, 2.24) is 9.88 Å². The number of fused-ring (bicyclic) bond motifs is 3. The zero-order chi connectivity index (χ0) is 13.4. The Morgan fingerprint density at radius 3 is 3.11 bits per heavy atom. The summed E-state index contributed by atoms with van der Waals surface area (Å²) >= 11 is 0. The number of carboxylic acid groups (broad SMARTS) is 1. The quantitative estimate of drug-likeness (QED) is 0.884. The average molecular weight is 260 g/mol. The third kappa shape index (κ3) is 1.86. The molecule has 1 aliphatic rings. The van der Waals surface area contributed by atoms with Gasteiger partial charge in [0, 0.05) is 36.2 Å². The van der Waals surface area contributed by atoms with Gasteiger partial charge in [0.15, 0.2) is 0 Å². The second-order valence-electron chi connectivity index (χ2n) is 4.57. The molecule has 0 atom stereocenters. The molecular formula is C14H16N2O3. The molecule has 1 aromatic carbocycles. The minimum Gasteiger partial charge on any atom is -0.494 e. The Bertz CT molecular complexity index is 646. The number of aromatic nitrogens is 1. The Hall–Kier alpha value is -2.01. The third-order valence-electron chi connectivity index (χ3n) is 3.47. The van der Waals surface area contributed by atoms with Gasteiger partial charge in [-0.3, -0.25) is 0 Å². The lowest BCUT2D eigenvalue weighted by Gasteiger charge is -2.17. The SMILES string of the molecule is CCOc1ccc2c(c1)c(C(=O)O)c1n2CCNC1. The van der Waals surface area contributed by atoms with Crippen molar-refractivity contribution >= 4 is 16.9 Å². The zero-order valence-corrected chi connectivity index (χ0v) is 10.8. The highest BCUT2D eigenvalue weighted by atomic mass is 16.5. The van der Waals surface area contributed by atoms with Crippen LogP contribution in [0.2, 0.25) is 0 Å². The summed E-state index contributed by atoms with van der Waals surface area (Å²) in [5, 5.41) is 13.4. The smallest absolute Gasteiger partial charge is 0.338 e. The maximum absolute atomic E-state index is 11.5. The molecule has 0 saturated heterocycles. The minimum absolute atomic E-state index is 0.392. The molecule has 0 bridgehead atoms. The molecule has 1 aromatic heterocycles. The van der Waals surface area contributed by atoms with Crippen LogP contribution in [0.5, 0.6) is 5.75 Å². The number of hydrogen-bond donors (Lipinski definition) is 2. The van der Waals surface area contributed by atoms with E-state index in [1.54, 1.807) is 0 Å². The van der Waals surface area contributed by atoms with Crippen molar-refractivity contribution in [2.75, 3.05) is 13.2 Å². The largest absolute Gasteiger partial charge is 0.494 e. The molecule has 0 saturated carbocycles. The van der Waals surface area contributed by atoms with Crippen molar-refractivity contribution in [3.8, 4) is 5.75 Å². The average Bonchev–Trinajstić information content (AvgIpc) is 2.72. The van der Waals surface area contributed by atoms with Crippen LogP contribution in [-0.2, 0) is 13.1 Å². The van der Waals surface area contributed by atoms with E-state index in [1.165, 1.54) is 0 Å². The molecule has 100 valence electrons. The molecule has 3 rings (SSSR count). The van der Waals surface area contributed by atoms with Gasteiger partial charge >= 0.3 is 5.97 Å². The van der Waals surface area contributed by atoms with Crippen molar-refractivity contribution in [2.45, 2.75) is 20.0 Å². The molecule has 0 aliphatic carbocycles. The summed E-state index contributed by atoms with van der Waals surface area (Å²) < 4.78 is 7.55. The summed E-state index contributed by atoms with van der Waals surface area (Å²) in [6.45, 7) is 4.75. The molecule has 2 N–H and O–H groups in total. The molecule has 0 radical (unpaired) electrons. The lowest BCUT2D eigenvalue weighted by atomic mass is 10.1. The summed E-state index contributed by atoms with van der Waals surface area (Å²) in [4.78, 5) is 11.5. The molecule has 0 amide bonds. The fourth-order valence-corrected chi connectivity index (χ4v) is 2.72. The van der Waals surface area contributed by atoms with Gasteiger partial charge < -0.3 is 19.7 Å². The molecule has 1 aliphatic heterocycles. The maximum atomic E-state index is 11.5. The number of carbonyl (C=O) groups is 1. The van der Waals surface area contributed by atoms with Gasteiger partial charge in [0.2, 0.25) is 0 Å². The van der Waals surface area contributed by atoms with Crippen LogP contribution in [-0.4, -0.2) is 28.8 Å². The normalized spacial score (nSPS) is 14.4. The summed E-state index contributed by atoms with van der Waals surface area (Å²) in [5.41, 5.74) is 2.21. The van der Waals surface area contributed by atoms with Gasteiger partial charge in [0.05, 0.1) is 12.2 Å². The van der Waals surface area contributed by atoms with E-state index in [0.29, 0.717) is 24.5 Å². The second kappa shape index (κ2) is 4.59. The van der Waals surface area contributed by atoms with Gasteiger partial charge in [-0.25, -0.2) is 4.79 Å². The van der Waals surface area contributed by atoms with Crippen LogP contribution in [0, 0.1) is 0 Å². The summed E-state index contributed by atoms with van der Waals surface area (Å²) in [6.07, 6.45) is 0. The zero-order valence-electron chi connectivity index (χ0n) is 10.8. The Labute approximate surface area is 110 Å². The van der Waals surface area contributed by atoms with Crippen LogP contribution >= 0.6 is 0 Å². The number of carboxylic acids is 1. The molecule has 5 nitrogen and oxygen atoms in total. The van der Waals surface area contributed by atoms with Crippen molar-refractivity contribution in [2.24, 2.45) is 0 Å². The monoisotopic (exact) mass is 260 g/mol. The van der Waals surface area contributed by atoms with Gasteiger partial charge in [-0.05, 0) is 25.1 Å². The van der Waals surface area contributed by atoms with Crippen LogP contribution in [0.25, 0.3) is 10.9 Å². The van der Waals surface area contributed by atoms with Crippen LogP contribution in [0.3, 0.4) is 0 Å². The van der Waals surface area contributed by atoms with Crippen molar-refractivity contribution in [3.05, 3.63) is 29.5 Å². The van der Waals surface area contributed by atoms with Crippen LogP contribution in [0.15, 0.2) is 18.2 Å². The number of aromatic carboxylic acids is 1. The Morgan fingerprint density at radius 1 is 1.53 bits per heavy atom. The van der Waals surface area contributed by atoms with Crippen LogP contribution in [0.1, 0.15) is 23.0 Å². The topological polar surface area (TPSA) is 63.5 Å². The highest BCUT2D eigenvalue weighted by molar-refractivity contribution is 6.05. The molecule has 2 heterocycles. The van der Waals surface area contributed by atoms with E-state index in [4.69, 9.17) is 4.74 Å². The number of nitrogens with one attached hydrogen (secondary N) is 1. The van der Waals surface area contributed by atoms with E-state index in [9.17, 15) is 9.90 Å². The molecule has 0 unspecified atom stereocenters. The molecule has 2 aromatic rings.